The monoisotopic (exact) mass is 665 g/mol. The van der Waals surface area contributed by atoms with Crippen molar-refractivity contribution >= 4 is 72.2 Å². The quantitative estimate of drug-likeness (QED) is 0.196. The van der Waals surface area contributed by atoms with E-state index in [1.165, 1.54) is 4.68 Å². The van der Waals surface area contributed by atoms with Gasteiger partial charge in [-0.05, 0) is 42.5 Å². The average molecular weight is 668 g/mol. The minimum Gasteiger partial charge on any atom is -0.493 e. The van der Waals surface area contributed by atoms with Gasteiger partial charge in [-0.3, -0.25) is 4.79 Å². The predicted octanol–water partition coefficient (Wildman–Crippen LogP) is 8.00. The molecular formula is C27H23Br2Cl2N3O3. The Morgan fingerprint density at radius 3 is 2.49 bits per heavy atom. The number of hydrogen-bond acceptors (Lipinski definition) is 5. The maximum Gasteiger partial charge on any atom is 0.282 e. The van der Waals surface area contributed by atoms with E-state index in [0.29, 0.717) is 43.8 Å². The van der Waals surface area contributed by atoms with Crippen LogP contribution in [0.15, 0.2) is 67.4 Å². The number of ether oxygens (including phenoxy) is 2. The van der Waals surface area contributed by atoms with Gasteiger partial charge in [0.2, 0.25) is 0 Å². The normalized spacial score (nSPS) is 11.9. The lowest BCUT2D eigenvalue weighted by Gasteiger charge is -2.21. The summed E-state index contributed by atoms with van der Waals surface area (Å²) in [4.78, 5) is 18.3. The van der Waals surface area contributed by atoms with Gasteiger partial charge in [-0.2, -0.15) is 9.78 Å². The summed E-state index contributed by atoms with van der Waals surface area (Å²) >= 11 is 19.3. The summed E-state index contributed by atoms with van der Waals surface area (Å²) in [5.74, 6) is 1.47. The zero-order valence-corrected chi connectivity index (χ0v) is 25.2. The summed E-state index contributed by atoms with van der Waals surface area (Å²) in [6.45, 7) is 6.13. The molecule has 0 saturated carbocycles. The Kier molecular flexibility index (Phi) is 8.33. The SMILES string of the molecule is COc1cc(Br)cc(C=Nn2c(C(C)(C)C)nc3ccc(Br)cc3c2=O)c1OCc1ccc(Cl)cc1Cl. The van der Waals surface area contributed by atoms with E-state index in [-0.39, 0.29) is 12.2 Å². The van der Waals surface area contributed by atoms with Crippen LogP contribution in [0.1, 0.15) is 37.7 Å². The maximum atomic E-state index is 13.5. The van der Waals surface area contributed by atoms with Crippen LogP contribution < -0.4 is 15.0 Å². The van der Waals surface area contributed by atoms with Crippen LogP contribution in [0.5, 0.6) is 11.5 Å². The Morgan fingerprint density at radius 1 is 1.05 bits per heavy atom. The largest absolute Gasteiger partial charge is 0.493 e. The number of rotatable bonds is 6. The number of nitrogens with zero attached hydrogens (tertiary/aromatic N) is 3. The van der Waals surface area contributed by atoms with Crippen molar-refractivity contribution in [1.82, 2.24) is 9.66 Å². The molecule has 4 aromatic rings. The number of halogens is 4. The van der Waals surface area contributed by atoms with Crippen LogP contribution in [0.4, 0.5) is 0 Å². The molecule has 4 rings (SSSR count). The number of hydrogen-bond donors (Lipinski definition) is 0. The number of methoxy groups -OCH3 is 1. The maximum absolute atomic E-state index is 13.5. The highest BCUT2D eigenvalue weighted by atomic mass is 79.9. The highest BCUT2D eigenvalue weighted by molar-refractivity contribution is 9.10. The molecule has 6 nitrogen and oxygen atoms in total. The van der Waals surface area contributed by atoms with Crippen LogP contribution in [0.3, 0.4) is 0 Å². The van der Waals surface area contributed by atoms with Crippen molar-refractivity contribution < 1.29 is 9.47 Å². The Bertz CT molecular complexity index is 1580. The van der Waals surface area contributed by atoms with Gasteiger partial charge < -0.3 is 9.47 Å². The van der Waals surface area contributed by atoms with Crippen molar-refractivity contribution in [2.24, 2.45) is 5.10 Å². The number of fused-ring (bicyclic) bond motifs is 1. The molecule has 1 heterocycles. The molecule has 0 spiro atoms. The minimum absolute atomic E-state index is 0.174. The van der Waals surface area contributed by atoms with Crippen LogP contribution in [-0.2, 0) is 12.0 Å². The van der Waals surface area contributed by atoms with Crippen molar-refractivity contribution in [2.75, 3.05) is 7.11 Å². The fraction of sp³-hybridized carbons (Fsp3) is 0.222. The molecule has 0 bridgehead atoms. The van der Waals surface area contributed by atoms with Gasteiger partial charge in [0.05, 0.1) is 24.2 Å². The highest BCUT2D eigenvalue weighted by Crippen LogP contribution is 2.35. The van der Waals surface area contributed by atoms with Crippen molar-refractivity contribution in [3.8, 4) is 11.5 Å². The Labute approximate surface area is 241 Å². The molecular weight excluding hydrogens is 645 g/mol. The molecule has 0 amide bonds. The second-order valence-electron chi connectivity index (χ2n) is 9.26. The molecule has 37 heavy (non-hydrogen) atoms. The molecule has 0 unspecified atom stereocenters. The van der Waals surface area contributed by atoms with Gasteiger partial charge in [0.25, 0.3) is 5.56 Å². The zero-order valence-electron chi connectivity index (χ0n) is 20.5. The summed E-state index contributed by atoms with van der Waals surface area (Å²) in [6.07, 6.45) is 1.56. The predicted molar refractivity (Wildman–Crippen MR) is 157 cm³/mol. The minimum atomic E-state index is -0.447. The molecule has 0 fully saturated rings. The van der Waals surface area contributed by atoms with Crippen LogP contribution in [0, 0.1) is 0 Å². The summed E-state index contributed by atoms with van der Waals surface area (Å²) in [5, 5.41) is 6.08. The van der Waals surface area contributed by atoms with Gasteiger partial charge in [0.15, 0.2) is 11.5 Å². The first kappa shape index (κ1) is 27.6. The first-order valence-electron chi connectivity index (χ1n) is 11.2. The highest BCUT2D eigenvalue weighted by Gasteiger charge is 2.23. The molecule has 1 aromatic heterocycles. The Morgan fingerprint density at radius 2 is 1.81 bits per heavy atom. The van der Waals surface area contributed by atoms with Crippen LogP contribution in [0.2, 0.25) is 10.0 Å². The second kappa shape index (κ2) is 11.2. The van der Waals surface area contributed by atoms with E-state index in [2.05, 4.69) is 37.0 Å². The van der Waals surface area contributed by atoms with E-state index in [9.17, 15) is 4.79 Å². The van der Waals surface area contributed by atoms with Gasteiger partial charge in [-0.1, -0.05) is 81.9 Å². The second-order valence-corrected chi connectivity index (χ2v) is 11.9. The zero-order chi connectivity index (χ0) is 26.9. The third-order valence-corrected chi connectivity index (χ3v) is 6.98. The van der Waals surface area contributed by atoms with Crippen LogP contribution in [0.25, 0.3) is 10.9 Å². The van der Waals surface area contributed by atoms with Gasteiger partial charge in [-0.15, -0.1) is 0 Å². The van der Waals surface area contributed by atoms with Crippen molar-refractivity contribution in [3.63, 3.8) is 0 Å². The van der Waals surface area contributed by atoms with Crippen LogP contribution >= 0.6 is 55.1 Å². The Hall–Kier alpha value is -2.39. The van der Waals surface area contributed by atoms with E-state index in [1.54, 1.807) is 43.7 Å². The molecule has 0 aliphatic heterocycles. The number of aromatic nitrogens is 2. The Balaban J connectivity index is 1.82. The van der Waals surface area contributed by atoms with E-state index < -0.39 is 5.41 Å². The van der Waals surface area contributed by atoms with Gasteiger partial charge in [-0.25, -0.2) is 4.98 Å². The lowest BCUT2D eigenvalue weighted by Crippen LogP contribution is -2.29. The fourth-order valence-corrected chi connectivity index (χ4v) is 4.92. The summed E-state index contributed by atoms with van der Waals surface area (Å²) in [5.41, 5.74) is 1.24. The average Bonchev–Trinajstić information content (AvgIpc) is 2.83. The van der Waals surface area contributed by atoms with E-state index in [4.69, 9.17) is 37.7 Å². The topological polar surface area (TPSA) is 65.7 Å². The molecule has 0 atom stereocenters. The van der Waals surface area contributed by atoms with E-state index in [1.807, 2.05) is 39.0 Å². The molecule has 0 aliphatic carbocycles. The lowest BCUT2D eigenvalue weighted by molar-refractivity contribution is 0.284. The first-order valence-corrected chi connectivity index (χ1v) is 13.5. The van der Waals surface area contributed by atoms with E-state index >= 15 is 0 Å². The van der Waals surface area contributed by atoms with Crippen molar-refractivity contribution in [2.45, 2.75) is 32.8 Å². The van der Waals surface area contributed by atoms with Crippen molar-refractivity contribution in [3.05, 3.63) is 94.8 Å². The molecule has 192 valence electrons. The van der Waals surface area contributed by atoms with E-state index in [0.717, 1.165) is 14.5 Å². The van der Waals surface area contributed by atoms with Gasteiger partial charge in [0.1, 0.15) is 12.4 Å². The van der Waals surface area contributed by atoms with Crippen molar-refractivity contribution in [1.29, 1.82) is 0 Å². The standard InChI is InChI=1S/C27H23Br2Cl2N3O3/c1-27(2,3)26-33-22-8-6-17(28)10-20(22)25(35)34(26)32-13-16-9-18(29)11-23(36-4)24(16)37-14-15-5-7-19(30)12-21(15)31/h5-13H,14H2,1-4H3. The number of benzene rings is 3. The summed E-state index contributed by atoms with van der Waals surface area (Å²) < 4.78 is 14.6. The van der Waals surface area contributed by atoms with Gasteiger partial charge in [0, 0.05) is 35.5 Å². The lowest BCUT2D eigenvalue weighted by atomic mass is 9.95. The van der Waals surface area contributed by atoms with Gasteiger partial charge >= 0.3 is 0 Å². The third-order valence-electron chi connectivity index (χ3n) is 5.45. The molecule has 10 heteroatoms. The van der Waals surface area contributed by atoms with Crippen LogP contribution in [-0.4, -0.2) is 23.0 Å². The first-order chi connectivity index (χ1) is 17.5. The summed E-state index contributed by atoms with van der Waals surface area (Å²) in [7, 11) is 1.55. The molecule has 3 aromatic carbocycles. The molecule has 0 radical (unpaired) electrons. The smallest absolute Gasteiger partial charge is 0.282 e. The molecule has 0 saturated heterocycles. The molecule has 0 aliphatic rings. The molecule has 0 N–H and O–H groups in total. The third kappa shape index (κ3) is 6.20. The summed E-state index contributed by atoms with van der Waals surface area (Å²) in [6, 6.07) is 14.3. The fourth-order valence-electron chi connectivity index (χ4n) is 3.64.